The molecule has 3 rings (SSSR count). The zero-order chi connectivity index (χ0) is 14.7. The topological polar surface area (TPSA) is 30.5 Å². The Labute approximate surface area is 125 Å². The lowest BCUT2D eigenvalue weighted by molar-refractivity contribution is 0.174. The van der Waals surface area contributed by atoms with Crippen LogP contribution in [0.1, 0.15) is 25.0 Å². The SMILES string of the molecule is CC(C)(CNCc1ccc2c(c1)OCO2)c1ccccc1. The molecule has 2 aromatic carbocycles. The molecule has 1 heterocycles. The molecule has 1 aliphatic rings. The van der Waals surface area contributed by atoms with E-state index in [1.54, 1.807) is 0 Å². The van der Waals surface area contributed by atoms with Gasteiger partial charge in [0, 0.05) is 18.5 Å². The van der Waals surface area contributed by atoms with Crippen LogP contribution in [-0.4, -0.2) is 13.3 Å². The van der Waals surface area contributed by atoms with Gasteiger partial charge >= 0.3 is 0 Å². The maximum Gasteiger partial charge on any atom is 0.231 e. The molecule has 1 N–H and O–H groups in total. The third kappa shape index (κ3) is 3.19. The van der Waals surface area contributed by atoms with Gasteiger partial charge in [0.2, 0.25) is 6.79 Å². The molecule has 0 spiro atoms. The molecule has 0 aliphatic carbocycles. The van der Waals surface area contributed by atoms with E-state index in [-0.39, 0.29) is 5.41 Å². The van der Waals surface area contributed by atoms with Gasteiger partial charge in [0.05, 0.1) is 0 Å². The number of nitrogens with one attached hydrogen (secondary N) is 1. The van der Waals surface area contributed by atoms with Crippen molar-refractivity contribution in [2.45, 2.75) is 25.8 Å². The van der Waals surface area contributed by atoms with Crippen molar-refractivity contribution in [2.24, 2.45) is 0 Å². The van der Waals surface area contributed by atoms with Crippen molar-refractivity contribution in [1.82, 2.24) is 5.32 Å². The zero-order valence-electron chi connectivity index (χ0n) is 12.6. The molecule has 3 nitrogen and oxygen atoms in total. The average Bonchev–Trinajstić information content (AvgIpc) is 2.95. The van der Waals surface area contributed by atoms with E-state index < -0.39 is 0 Å². The van der Waals surface area contributed by atoms with Crippen LogP contribution in [0, 0.1) is 0 Å². The minimum absolute atomic E-state index is 0.109. The fraction of sp³-hybridized carbons (Fsp3) is 0.333. The normalized spacial score (nSPS) is 13.4. The van der Waals surface area contributed by atoms with Crippen LogP contribution in [0.3, 0.4) is 0 Å². The van der Waals surface area contributed by atoms with E-state index in [0.717, 1.165) is 24.6 Å². The van der Waals surface area contributed by atoms with Gasteiger partial charge in [0.25, 0.3) is 0 Å². The van der Waals surface area contributed by atoms with Crippen LogP contribution < -0.4 is 14.8 Å². The summed E-state index contributed by atoms with van der Waals surface area (Å²) >= 11 is 0. The molecule has 0 saturated heterocycles. The lowest BCUT2D eigenvalue weighted by atomic mass is 9.84. The molecular formula is C18H21NO2. The zero-order valence-corrected chi connectivity index (χ0v) is 12.6. The first-order valence-electron chi connectivity index (χ1n) is 7.30. The van der Waals surface area contributed by atoms with Crippen molar-refractivity contribution >= 4 is 0 Å². The summed E-state index contributed by atoms with van der Waals surface area (Å²) in [5.41, 5.74) is 2.67. The minimum Gasteiger partial charge on any atom is -0.454 e. The second-order valence-electron chi connectivity index (χ2n) is 6.04. The van der Waals surface area contributed by atoms with Crippen molar-refractivity contribution in [2.75, 3.05) is 13.3 Å². The van der Waals surface area contributed by atoms with Gasteiger partial charge < -0.3 is 14.8 Å². The largest absolute Gasteiger partial charge is 0.454 e. The van der Waals surface area contributed by atoms with E-state index in [1.807, 2.05) is 12.1 Å². The molecular weight excluding hydrogens is 262 g/mol. The van der Waals surface area contributed by atoms with Crippen LogP contribution in [0.5, 0.6) is 11.5 Å². The second-order valence-corrected chi connectivity index (χ2v) is 6.04. The smallest absolute Gasteiger partial charge is 0.231 e. The summed E-state index contributed by atoms with van der Waals surface area (Å²) in [5.74, 6) is 1.68. The molecule has 0 radical (unpaired) electrons. The predicted octanol–water partition coefficient (Wildman–Crippen LogP) is 3.48. The Hall–Kier alpha value is -2.00. The quantitative estimate of drug-likeness (QED) is 0.911. The monoisotopic (exact) mass is 283 g/mol. The van der Waals surface area contributed by atoms with Gasteiger partial charge in [-0.25, -0.2) is 0 Å². The summed E-state index contributed by atoms with van der Waals surface area (Å²) in [6.45, 7) is 6.59. The molecule has 21 heavy (non-hydrogen) atoms. The van der Waals surface area contributed by atoms with E-state index >= 15 is 0 Å². The first-order valence-corrected chi connectivity index (χ1v) is 7.30. The minimum atomic E-state index is 0.109. The summed E-state index contributed by atoms with van der Waals surface area (Å²) in [4.78, 5) is 0. The third-order valence-corrected chi connectivity index (χ3v) is 3.89. The summed E-state index contributed by atoms with van der Waals surface area (Å²) in [6, 6.07) is 16.7. The molecule has 0 atom stereocenters. The molecule has 0 unspecified atom stereocenters. The highest BCUT2D eigenvalue weighted by atomic mass is 16.7. The highest BCUT2D eigenvalue weighted by Crippen LogP contribution is 2.32. The highest BCUT2D eigenvalue weighted by molar-refractivity contribution is 5.44. The maximum absolute atomic E-state index is 5.41. The number of benzene rings is 2. The van der Waals surface area contributed by atoms with Crippen LogP contribution in [0.15, 0.2) is 48.5 Å². The Morgan fingerprint density at radius 3 is 2.57 bits per heavy atom. The Balaban J connectivity index is 1.58. The van der Waals surface area contributed by atoms with Crippen LogP contribution in [0.2, 0.25) is 0 Å². The van der Waals surface area contributed by atoms with Crippen molar-refractivity contribution in [3.8, 4) is 11.5 Å². The molecule has 1 aliphatic heterocycles. The number of fused-ring (bicyclic) bond motifs is 1. The Morgan fingerprint density at radius 1 is 1.00 bits per heavy atom. The van der Waals surface area contributed by atoms with Crippen molar-refractivity contribution in [3.63, 3.8) is 0 Å². The van der Waals surface area contributed by atoms with Gasteiger partial charge in [0.15, 0.2) is 11.5 Å². The lowest BCUT2D eigenvalue weighted by Crippen LogP contribution is -2.32. The molecule has 2 aromatic rings. The van der Waals surface area contributed by atoms with Crippen LogP contribution in [0.25, 0.3) is 0 Å². The summed E-state index contributed by atoms with van der Waals surface area (Å²) in [7, 11) is 0. The first-order chi connectivity index (χ1) is 10.1. The van der Waals surface area contributed by atoms with Crippen LogP contribution in [-0.2, 0) is 12.0 Å². The molecule has 0 bridgehead atoms. The molecule has 110 valence electrons. The predicted molar refractivity (Wildman–Crippen MR) is 83.7 cm³/mol. The van der Waals surface area contributed by atoms with Crippen LogP contribution >= 0.6 is 0 Å². The van der Waals surface area contributed by atoms with Gasteiger partial charge in [-0.05, 0) is 23.3 Å². The van der Waals surface area contributed by atoms with Crippen LogP contribution in [0.4, 0.5) is 0 Å². The molecule has 0 aromatic heterocycles. The van der Waals surface area contributed by atoms with Crippen molar-refractivity contribution in [3.05, 3.63) is 59.7 Å². The number of ether oxygens (including phenoxy) is 2. The van der Waals surface area contributed by atoms with E-state index in [2.05, 4.69) is 55.6 Å². The van der Waals surface area contributed by atoms with E-state index in [0.29, 0.717) is 6.79 Å². The highest BCUT2D eigenvalue weighted by Gasteiger charge is 2.19. The van der Waals surface area contributed by atoms with Gasteiger partial charge in [-0.2, -0.15) is 0 Å². The lowest BCUT2D eigenvalue weighted by Gasteiger charge is -2.25. The number of hydrogen-bond donors (Lipinski definition) is 1. The standard InChI is InChI=1S/C18H21NO2/c1-18(2,15-6-4-3-5-7-15)12-19-11-14-8-9-16-17(10-14)21-13-20-16/h3-10,19H,11-13H2,1-2H3. The summed E-state index contributed by atoms with van der Waals surface area (Å²) in [6.07, 6.45) is 0. The van der Waals surface area contributed by atoms with Gasteiger partial charge in [-0.3, -0.25) is 0 Å². The fourth-order valence-electron chi connectivity index (χ4n) is 2.56. The number of rotatable bonds is 5. The van der Waals surface area contributed by atoms with E-state index in [9.17, 15) is 0 Å². The summed E-state index contributed by atoms with van der Waals surface area (Å²) in [5, 5.41) is 3.54. The molecule has 3 heteroatoms. The van der Waals surface area contributed by atoms with Crippen molar-refractivity contribution < 1.29 is 9.47 Å². The third-order valence-electron chi connectivity index (χ3n) is 3.89. The Bertz CT molecular complexity index is 608. The molecule has 0 fully saturated rings. The second kappa shape index (κ2) is 5.78. The maximum atomic E-state index is 5.41. The van der Waals surface area contributed by atoms with Gasteiger partial charge in [0.1, 0.15) is 0 Å². The Kier molecular flexibility index (Phi) is 3.84. The molecule has 0 saturated carbocycles. The van der Waals surface area contributed by atoms with Gasteiger partial charge in [-0.1, -0.05) is 50.2 Å². The summed E-state index contributed by atoms with van der Waals surface area (Å²) < 4.78 is 10.7. The average molecular weight is 283 g/mol. The van der Waals surface area contributed by atoms with Crippen molar-refractivity contribution in [1.29, 1.82) is 0 Å². The first kappa shape index (κ1) is 14.0. The van der Waals surface area contributed by atoms with E-state index in [1.165, 1.54) is 11.1 Å². The van der Waals surface area contributed by atoms with Gasteiger partial charge in [-0.15, -0.1) is 0 Å². The Morgan fingerprint density at radius 2 is 1.76 bits per heavy atom. The van der Waals surface area contributed by atoms with E-state index in [4.69, 9.17) is 9.47 Å². The molecule has 0 amide bonds. The fourth-order valence-corrected chi connectivity index (χ4v) is 2.56. The number of hydrogen-bond acceptors (Lipinski definition) is 3.